The summed E-state index contributed by atoms with van der Waals surface area (Å²) in [4.78, 5) is 0. The van der Waals surface area contributed by atoms with Crippen molar-refractivity contribution in [3.8, 4) is 6.07 Å². The van der Waals surface area contributed by atoms with Crippen molar-refractivity contribution in [2.24, 2.45) is 5.41 Å². The number of ether oxygens (including phenoxy) is 1. The molecule has 9 heavy (non-hydrogen) atoms. The van der Waals surface area contributed by atoms with Gasteiger partial charge in [0, 0.05) is 11.5 Å². The molecule has 0 unspecified atom stereocenters. The van der Waals surface area contributed by atoms with Crippen molar-refractivity contribution in [3.05, 3.63) is 12.2 Å². The van der Waals surface area contributed by atoms with E-state index in [0.29, 0.717) is 0 Å². The number of hydrogen-bond acceptors (Lipinski definition) is 2. The van der Waals surface area contributed by atoms with Gasteiger partial charge in [-0.15, -0.1) is 0 Å². The van der Waals surface area contributed by atoms with Gasteiger partial charge in [0.15, 0.2) is 0 Å². The van der Waals surface area contributed by atoms with Crippen LogP contribution in [0.1, 0.15) is 6.92 Å². The first-order valence-corrected chi connectivity index (χ1v) is 2.92. The molecule has 0 N–H and O–H groups in total. The standard InChI is InChI=1S/C7H9NO/c1-7(3-2-4-8)5-9-6-7/h2-3H,5-6H2,1H3. The highest BCUT2D eigenvalue weighted by Gasteiger charge is 2.29. The lowest BCUT2D eigenvalue weighted by atomic mass is 9.88. The molecule has 0 radical (unpaired) electrons. The van der Waals surface area contributed by atoms with Gasteiger partial charge in [0.1, 0.15) is 0 Å². The van der Waals surface area contributed by atoms with Gasteiger partial charge in [-0.05, 0) is 0 Å². The molecule has 0 aromatic rings. The number of hydrogen-bond donors (Lipinski definition) is 0. The normalized spacial score (nSPS) is 23.1. The van der Waals surface area contributed by atoms with Crippen LogP contribution in [0.25, 0.3) is 0 Å². The Balaban J connectivity index is 2.43. The summed E-state index contributed by atoms with van der Waals surface area (Å²) < 4.78 is 4.97. The van der Waals surface area contributed by atoms with Gasteiger partial charge in [-0.25, -0.2) is 0 Å². The van der Waals surface area contributed by atoms with E-state index in [0.717, 1.165) is 13.2 Å². The maximum Gasteiger partial charge on any atom is 0.0908 e. The molecular weight excluding hydrogens is 114 g/mol. The minimum absolute atomic E-state index is 0.149. The van der Waals surface area contributed by atoms with Gasteiger partial charge in [-0.2, -0.15) is 5.26 Å². The molecule has 1 aliphatic rings. The second-order valence-electron chi connectivity index (χ2n) is 2.61. The number of allylic oxidation sites excluding steroid dienone is 1. The Morgan fingerprint density at radius 3 is 2.67 bits per heavy atom. The third-order valence-electron chi connectivity index (χ3n) is 1.42. The molecule has 1 saturated heterocycles. The van der Waals surface area contributed by atoms with Crippen molar-refractivity contribution < 1.29 is 4.74 Å². The van der Waals surface area contributed by atoms with Crippen molar-refractivity contribution in [1.29, 1.82) is 5.26 Å². The van der Waals surface area contributed by atoms with E-state index in [2.05, 4.69) is 6.92 Å². The summed E-state index contributed by atoms with van der Waals surface area (Å²) >= 11 is 0. The highest BCUT2D eigenvalue weighted by molar-refractivity contribution is 5.10. The quantitative estimate of drug-likeness (QED) is 0.489. The molecule has 2 heteroatoms. The Kier molecular flexibility index (Phi) is 1.54. The van der Waals surface area contributed by atoms with Crippen molar-refractivity contribution in [3.63, 3.8) is 0 Å². The van der Waals surface area contributed by atoms with Crippen LogP contribution in [0.2, 0.25) is 0 Å². The molecule has 0 aromatic heterocycles. The predicted molar refractivity (Wildman–Crippen MR) is 33.7 cm³/mol. The fourth-order valence-electron chi connectivity index (χ4n) is 0.759. The van der Waals surface area contributed by atoms with Crippen LogP contribution in [0.3, 0.4) is 0 Å². The minimum Gasteiger partial charge on any atom is -0.379 e. The van der Waals surface area contributed by atoms with Crippen LogP contribution >= 0.6 is 0 Å². The molecular formula is C7H9NO. The third kappa shape index (κ3) is 1.30. The lowest BCUT2D eigenvalue weighted by molar-refractivity contribution is -0.0708. The first-order chi connectivity index (χ1) is 4.27. The number of nitrogens with zero attached hydrogens (tertiary/aromatic N) is 1. The van der Waals surface area contributed by atoms with Gasteiger partial charge in [-0.3, -0.25) is 0 Å². The van der Waals surface area contributed by atoms with Gasteiger partial charge in [-0.1, -0.05) is 13.0 Å². The summed E-state index contributed by atoms with van der Waals surface area (Å²) in [6, 6.07) is 1.96. The summed E-state index contributed by atoms with van der Waals surface area (Å²) in [6.07, 6.45) is 3.42. The molecule has 0 spiro atoms. The Morgan fingerprint density at radius 2 is 2.33 bits per heavy atom. The monoisotopic (exact) mass is 123 g/mol. The molecule has 0 atom stereocenters. The van der Waals surface area contributed by atoms with E-state index in [9.17, 15) is 0 Å². The van der Waals surface area contributed by atoms with Crippen LogP contribution in [0.15, 0.2) is 12.2 Å². The van der Waals surface area contributed by atoms with E-state index in [1.165, 1.54) is 6.08 Å². The smallest absolute Gasteiger partial charge is 0.0908 e. The SMILES string of the molecule is CC1(C=CC#N)COC1. The highest BCUT2D eigenvalue weighted by atomic mass is 16.5. The zero-order chi connectivity index (χ0) is 6.74. The lowest BCUT2D eigenvalue weighted by Gasteiger charge is -2.34. The molecule has 0 aliphatic carbocycles. The Morgan fingerprint density at radius 1 is 1.67 bits per heavy atom. The van der Waals surface area contributed by atoms with Crippen molar-refractivity contribution in [2.75, 3.05) is 13.2 Å². The fourth-order valence-corrected chi connectivity index (χ4v) is 0.759. The average molecular weight is 123 g/mol. The molecule has 0 aromatic carbocycles. The van der Waals surface area contributed by atoms with Crippen molar-refractivity contribution >= 4 is 0 Å². The summed E-state index contributed by atoms with van der Waals surface area (Å²) in [6.45, 7) is 3.58. The van der Waals surface area contributed by atoms with Crippen molar-refractivity contribution in [1.82, 2.24) is 0 Å². The molecule has 48 valence electrons. The zero-order valence-corrected chi connectivity index (χ0v) is 5.42. The maximum atomic E-state index is 8.17. The molecule has 1 rings (SSSR count). The topological polar surface area (TPSA) is 33.0 Å². The molecule has 1 heterocycles. The second kappa shape index (κ2) is 2.20. The number of rotatable bonds is 1. The molecule has 1 aliphatic heterocycles. The Labute approximate surface area is 54.7 Å². The van der Waals surface area contributed by atoms with Gasteiger partial charge < -0.3 is 4.74 Å². The van der Waals surface area contributed by atoms with Gasteiger partial charge in [0.05, 0.1) is 19.3 Å². The van der Waals surface area contributed by atoms with Crippen LogP contribution in [0.4, 0.5) is 0 Å². The van der Waals surface area contributed by atoms with Gasteiger partial charge >= 0.3 is 0 Å². The van der Waals surface area contributed by atoms with E-state index in [1.54, 1.807) is 0 Å². The molecule has 0 bridgehead atoms. The maximum absolute atomic E-state index is 8.17. The van der Waals surface area contributed by atoms with E-state index in [-0.39, 0.29) is 5.41 Å². The van der Waals surface area contributed by atoms with Crippen LogP contribution in [0.5, 0.6) is 0 Å². The van der Waals surface area contributed by atoms with E-state index >= 15 is 0 Å². The lowest BCUT2D eigenvalue weighted by Crippen LogP contribution is -2.37. The summed E-state index contributed by atoms with van der Waals surface area (Å²) in [7, 11) is 0. The van der Waals surface area contributed by atoms with E-state index < -0.39 is 0 Å². The second-order valence-corrected chi connectivity index (χ2v) is 2.61. The first kappa shape index (κ1) is 6.31. The summed E-state index contributed by atoms with van der Waals surface area (Å²) in [5, 5.41) is 8.17. The third-order valence-corrected chi connectivity index (χ3v) is 1.42. The summed E-state index contributed by atoms with van der Waals surface area (Å²) in [5.74, 6) is 0. The molecule has 2 nitrogen and oxygen atoms in total. The number of nitriles is 1. The van der Waals surface area contributed by atoms with Crippen molar-refractivity contribution in [2.45, 2.75) is 6.92 Å². The molecule has 0 amide bonds. The largest absolute Gasteiger partial charge is 0.379 e. The fraction of sp³-hybridized carbons (Fsp3) is 0.571. The first-order valence-electron chi connectivity index (χ1n) is 2.92. The minimum atomic E-state index is 0.149. The molecule has 1 fully saturated rings. The Hall–Kier alpha value is -0.810. The molecule has 0 saturated carbocycles. The van der Waals surface area contributed by atoms with Crippen LogP contribution in [0, 0.1) is 16.7 Å². The van der Waals surface area contributed by atoms with Crippen LogP contribution < -0.4 is 0 Å². The van der Waals surface area contributed by atoms with E-state index in [4.69, 9.17) is 10.00 Å². The van der Waals surface area contributed by atoms with E-state index in [1.807, 2.05) is 12.1 Å². The average Bonchev–Trinajstić information content (AvgIpc) is 1.79. The Bertz CT molecular complexity index is 162. The highest BCUT2D eigenvalue weighted by Crippen LogP contribution is 2.27. The predicted octanol–water partition coefficient (Wildman–Crippen LogP) is 1.10. The zero-order valence-electron chi connectivity index (χ0n) is 5.42. The summed E-state index contributed by atoms with van der Waals surface area (Å²) in [5.41, 5.74) is 0.149. The van der Waals surface area contributed by atoms with Crippen LogP contribution in [-0.2, 0) is 4.74 Å². The van der Waals surface area contributed by atoms with Gasteiger partial charge in [0.2, 0.25) is 0 Å². The van der Waals surface area contributed by atoms with Crippen LogP contribution in [-0.4, -0.2) is 13.2 Å². The van der Waals surface area contributed by atoms with Gasteiger partial charge in [0.25, 0.3) is 0 Å².